The Balaban J connectivity index is 1.92. The van der Waals surface area contributed by atoms with Crippen LogP contribution in [0, 0.1) is 12.3 Å². The third-order valence-electron chi connectivity index (χ3n) is 5.24. The van der Waals surface area contributed by atoms with Crippen LogP contribution in [0.15, 0.2) is 12.3 Å². The number of hydrogen-bond donors (Lipinski definition) is 2. The zero-order chi connectivity index (χ0) is 20.5. The molecule has 1 aliphatic heterocycles. The fourth-order valence-electron chi connectivity index (χ4n) is 3.67. The van der Waals surface area contributed by atoms with E-state index >= 15 is 0 Å². The van der Waals surface area contributed by atoms with Gasteiger partial charge >= 0.3 is 0 Å². The summed E-state index contributed by atoms with van der Waals surface area (Å²) < 4.78 is 14.5. The third kappa shape index (κ3) is 3.91. The van der Waals surface area contributed by atoms with Crippen molar-refractivity contribution < 1.29 is 14.3 Å². The number of nitrogen functional groups attached to an aromatic ring is 1. The molecule has 152 valence electrons. The number of nitrogens with zero attached hydrogens (tertiary/aromatic N) is 3. The molecule has 0 bridgehead atoms. The van der Waals surface area contributed by atoms with E-state index in [-0.39, 0.29) is 11.9 Å². The molecule has 7 nitrogen and oxygen atoms in total. The first kappa shape index (κ1) is 21.1. The zero-order valence-corrected chi connectivity index (χ0v) is 18.2. The van der Waals surface area contributed by atoms with Crippen LogP contribution in [0.25, 0.3) is 11.0 Å². The monoisotopic (exact) mass is 422 g/mol. The van der Waals surface area contributed by atoms with E-state index in [4.69, 9.17) is 32.9 Å². The minimum absolute atomic E-state index is 0.0641. The van der Waals surface area contributed by atoms with E-state index in [1.165, 1.54) is 0 Å². The summed E-state index contributed by atoms with van der Waals surface area (Å²) in [6, 6.07) is 2.84. The average Bonchev–Trinajstić information content (AvgIpc) is 3.21. The van der Waals surface area contributed by atoms with Crippen molar-refractivity contribution >= 4 is 36.8 Å². The number of ether oxygens (including phenoxy) is 1. The molecule has 1 fully saturated rings. The fourth-order valence-corrected chi connectivity index (χ4v) is 6.22. The van der Waals surface area contributed by atoms with E-state index in [1.54, 1.807) is 0 Å². The third-order valence-corrected chi connectivity index (χ3v) is 7.89. The van der Waals surface area contributed by atoms with E-state index in [2.05, 4.69) is 35.9 Å². The SMILES string of the molecule is C#C[C@]1(CO)O[C@@H](n2ccc3c(N)nc(Cl)nc32)C[C@@H]1O[Si](C)(C)CCCC. The van der Waals surface area contributed by atoms with Gasteiger partial charge in [0.25, 0.3) is 0 Å². The summed E-state index contributed by atoms with van der Waals surface area (Å²) in [5, 5.41) is 10.8. The summed E-state index contributed by atoms with van der Waals surface area (Å²) in [4.78, 5) is 8.27. The van der Waals surface area contributed by atoms with Gasteiger partial charge in [0.15, 0.2) is 13.9 Å². The highest BCUT2D eigenvalue weighted by Crippen LogP contribution is 2.41. The van der Waals surface area contributed by atoms with Gasteiger partial charge in [-0.25, -0.2) is 4.98 Å². The smallest absolute Gasteiger partial charge is 0.226 e. The molecule has 1 saturated heterocycles. The zero-order valence-electron chi connectivity index (χ0n) is 16.5. The van der Waals surface area contributed by atoms with E-state index < -0.39 is 26.3 Å². The Labute approximate surface area is 171 Å². The van der Waals surface area contributed by atoms with E-state index in [1.807, 2.05) is 16.8 Å². The molecule has 28 heavy (non-hydrogen) atoms. The van der Waals surface area contributed by atoms with Gasteiger partial charge in [0, 0.05) is 12.6 Å². The second-order valence-corrected chi connectivity index (χ2v) is 12.4. The largest absolute Gasteiger partial charge is 0.410 e. The highest BCUT2D eigenvalue weighted by molar-refractivity contribution is 6.71. The molecule has 2 aromatic rings. The number of fused-ring (bicyclic) bond motifs is 1. The van der Waals surface area contributed by atoms with Crippen LogP contribution in [-0.2, 0) is 9.16 Å². The van der Waals surface area contributed by atoms with Crippen LogP contribution in [0.1, 0.15) is 32.4 Å². The summed E-state index contributed by atoms with van der Waals surface area (Å²) in [7, 11) is -1.96. The number of anilines is 1. The molecule has 3 atom stereocenters. The van der Waals surface area contributed by atoms with Crippen LogP contribution in [0.5, 0.6) is 0 Å². The molecule has 3 rings (SSSR count). The average molecular weight is 423 g/mol. The first-order valence-corrected chi connectivity index (χ1v) is 13.0. The lowest BCUT2D eigenvalue weighted by molar-refractivity contribution is -0.0860. The quantitative estimate of drug-likeness (QED) is 0.403. The molecule has 1 aliphatic rings. The molecule has 0 saturated carbocycles. The molecule has 0 unspecified atom stereocenters. The minimum Gasteiger partial charge on any atom is -0.410 e. The van der Waals surface area contributed by atoms with Crippen molar-refractivity contribution in [1.29, 1.82) is 0 Å². The Kier molecular flexibility index (Phi) is 6.03. The Hall–Kier alpha value is -1.63. The summed E-state index contributed by atoms with van der Waals surface area (Å²) in [6.45, 7) is 6.19. The second-order valence-electron chi connectivity index (χ2n) is 7.81. The van der Waals surface area contributed by atoms with Crippen molar-refractivity contribution in [3.05, 3.63) is 17.5 Å². The fraction of sp³-hybridized carbons (Fsp3) is 0.579. The van der Waals surface area contributed by atoms with E-state index in [0.717, 1.165) is 18.9 Å². The molecule has 3 N–H and O–H groups in total. The number of halogens is 1. The normalized spacial score (nSPS) is 25.3. The first-order chi connectivity index (χ1) is 13.2. The van der Waals surface area contributed by atoms with Crippen molar-refractivity contribution in [1.82, 2.24) is 14.5 Å². The van der Waals surface area contributed by atoms with Crippen LogP contribution < -0.4 is 5.73 Å². The number of hydrogen-bond acceptors (Lipinski definition) is 6. The number of aliphatic hydroxyl groups is 1. The molecule has 3 heterocycles. The van der Waals surface area contributed by atoms with Crippen LogP contribution >= 0.6 is 11.6 Å². The molecule has 0 spiro atoms. The lowest BCUT2D eigenvalue weighted by Gasteiger charge is -2.33. The molecule has 0 aromatic carbocycles. The Morgan fingerprint density at radius 2 is 2.29 bits per heavy atom. The van der Waals surface area contributed by atoms with Crippen LogP contribution in [-0.4, -0.2) is 46.3 Å². The van der Waals surface area contributed by atoms with Gasteiger partial charge in [-0.15, -0.1) is 6.42 Å². The van der Waals surface area contributed by atoms with Gasteiger partial charge in [0.05, 0.1) is 18.1 Å². The first-order valence-electron chi connectivity index (χ1n) is 9.49. The maximum Gasteiger partial charge on any atom is 0.226 e. The highest BCUT2D eigenvalue weighted by atomic mass is 35.5. The standard InChI is InChI=1S/C19H27ClN4O3Si/c1-5-7-10-28(3,4)27-14-11-15(26-19(14,6-2)12-25)24-9-8-13-16(21)22-18(20)23-17(13)24/h2,8-9,14-15,25H,5,7,10-12H2,1,3-4H3,(H2,21,22,23)/t14-,15+,19+/m0/s1. The van der Waals surface area contributed by atoms with Crippen LogP contribution in [0.3, 0.4) is 0 Å². The van der Waals surface area contributed by atoms with Crippen molar-refractivity contribution in [2.24, 2.45) is 0 Å². The highest BCUT2D eigenvalue weighted by Gasteiger charge is 2.51. The molecule has 2 aromatic heterocycles. The van der Waals surface area contributed by atoms with Gasteiger partial charge in [-0.1, -0.05) is 25.7 Å². The number of unbranched alkanes of at least 4 members (excludes halogenated alkanes) is 1. The van der Waals surface area contributed by atoms with E-state index in [9.17, 15) is 5.11 Å². The van der Waals surface area contributed by atoms with Gasteiger partial charge in [0.2, 0.25) is 5.28 Å². The van der Waals surface area contributed by atoms with Crippen molar-refractivity contribution in [2.75, 3.05) is 12.3 Å². The topological polar surface area (TPSA) is 95.4 Å². The van der Waals surface area contributed by atoms with Crippen molar-refractivity contribution in [3.8, 4) is 12.3 Å². The summed E-state index contributed by atoms with van der Waals surface area (Å²) in [5.41, 5.74) is 5.32. The molecule has 9 heteroatoms. The predicted octanol–water partition coefficient (Wildman–Crippen LogP) is 3.34. The number of rotatable bonds is 7. The maximum atomic E-state index is 10.1. The molecule has 0 amide bonds. The predicted molar refractivity (Wildman–Crippen MR) is 112 cm³/mol. The molecule has 0 radical (unpaired) electrons. The second kappa shape index (κ2) is 8.01. The van der Waals surface area contributed by atoms with Crippen molar-refractivity contribution in [3.63, 3.8) is 0 Å². The summed E-state index contributed by atoms with van der Waals surface area (Å²) >= 11 is 5.99. The summed E-state index contributed by atoms with van der Waals surface area (Å²) in [6.07, 6.45) is 9.47. The Bertz CT molecular complexity index is 897. The number of aliphatic hydroxyl groups excluding tert-OH is 1. The van der Waals surface area contributed by atoms with Crippen LogP contribution in [0.2, 0.25) is 24.4 Å². The molecular formula is C19H27ClN4O3Si. The Morgan fingerprint density at radius 3 is 2.93 bits per heavy atom. The number of aromatic nitrogens is 3. The van der Waals surface area contributed by atoms with E-state index in [0.29, 0.717) is 23.3 Å². The number of nitrogens with two attached hydrogens (primary N) is 1. The van der Waals surface area contributed by atoms with Crippen molar-refractivity contribution in [2.45, 2.75) is 63.3 Å². The van der Waals surface area contributed by atoms with Gasteiger partial charge in [0.1, 0.15) is 17.7 Å². The summed E-state index contributed by atoms with van der Waals surface area (Å²) in [5.74, 6) is 2.95. The lowest BCUT2D eigenvalue weighted by Crippen LogP contribution is -2.48. The number of terminal acetylenes is 1. The lowest BCUT2D eigenvalue weighted by atomic mass is 9.99. The van der Waals surface area contributed by atoms with Gasteiger partial charge in [-0.05, 0) is 36.8 Å². The Morgan fingerprint density at radius 1 is 1.54 bits per heavy atom. The molecule has 0 aliphatic carbocycles. The van der Waals surface area contributed by atoms with Gasteiger partial charge in [-0.2, -0.15) is 4.98 Å². The van der Waals surface area contributed by atoms with Gasteiger partial charge in [-0.3, -0.25) is 0 Å². The van der Waals surface area contributed by atoms with Crippen LogP contribution in [0.4, 0.5) is 5.82 Å². The maximum absolute atomic E-state index is 10.1. The van der Waals surface area contributed by atoms with Gasteiger partial charge < -0.3 is 24.6 Å². The molecular weight excluding hydrogens is 396 g/mol. The minimum atomic E-state index is -1.96.